The highest BCUT2D eigenvalue weighted by atomic mass is 16.6. The molecule has 2 fully saturated rings. The van der Waals surface area contributed by atoms with Gasteiger partial charge in [0.15, 0.2) is 0 Å². The highest BCUT2D eigenvalue weighted by Crippen LogP contribution is 2.35. The lowest BCUT2D eigenvalue weighted by Crippen LogP contribution is -2.41. The second-order valence-electron chi connectivity index (χ2n) is 5.16. The van der Waals surface area contributed by atoms with Gasteiger partial charge in [0, 0.05) is 12.5 Å². The summed E-state index contributed by atoms with van der Waals surface area (Å²) in [5.74, 6) is 0.513. The first kappa shape index (κ1) is 12.4. The number of rotatable bonds is 2. The summed E-state index contributed by atoms with van der Waals surface area (Å²) in [6.45, 7) is 2.63. The molecule has 0 amide bonds. The van der Waals surface area contributed by atoms with Crippen LogP contribution in [0.25, 0.3) is 0 Å². The number of ether oxygens (including phenoxy) is 2. The standard InChI is InChI=1S/C14H17N3O2/c15-9-11-2-1-3-13(17-11)19-12-8-14(18-10-12)4-6-16-7-5-14/h1-3,12,16H,4-8,10H2. The Balaban J connectivity index is 1.63. The zero-order chi connectivity index (χ0) is 13.1. The van der Waals surface area contributed by atoms with E-state index in [0.717, 1.165) is 32.4 Å². The Labute approximate surface area is 112 Å². The van der Waals surface area contributed by atoms with Crippen molar-refractivity contribution < 1.29 is 9.47 Å². The topological polar surface area (TPSA) is 67.2 Å². The molecule has 1 aromatic rings. The summed E-state index contributed by atoms with van der Waals surface area (Å²) in [5, 5.41) is 12.2. The molecule has 19 heavy (non-hydrogen) atoms. The van der Waals surface area contributed by atoms with Gasteiger partial charge in [-0.3, -0.25) is 0 Å². The molecular formula is C14H17N3O2. The Morgan fingerprint density at radius 1 is 1.42 bits per heavy atom. The Hall–Kier alpha value is -1.64. The summed E-state index contributed by atoms with van der Waals surface area (Å²) in [6.07, 6.45) is 3.03. The Kier molecular flexibility index (Phi) is 3.36. The zero-order valence-electron chi connectivity index (χ0n) is 10.8. The van der Waals surface area contributed by atoms with Gasteiger partial charge in [-0.05, 0) is 32.0 Å². The van der Waals surface area contributed by atoms with Gasteiger partial charge in [0.25, 0.3) is 0 Å². The number of aromatic nitrogens is 1. The Morgan fingerprint density at radius 3 is 3.05 bits per heavy atom. The van der Waals surface area contributed by atoms with Gasteiger partial charge < -0.3 is 14.8 Å². The van der Waals surface area contributed by atoms with Crippen LogP contribution in [-0.4, -0.2) is 36.4 Å². The third kappa shape index (κ3) is 2.70. The fourth-order valence-electron chi connectivity index (χ4n) is 2.82. The molecule has 1 unspecified atom stereocenters. The van der Waals surface area contributed by atoms with Crippen molar-refractivity contribution >= 4 is 0 Å². The van der Waals surface area contributed by atoms with Gasteiger partial charge in [-0.2, -0.15) is 5.26 Å². The molecule has 1 N–H and O–H groups in total. The van der Waals surface area contributed by atoms with Crippen molar-refractivity contribution in [2.45, 2.75) is 31.0 Å². The summed E-state index contributed by atoms with van der Waals surface area (Å²) in [7, 11) is 0. The van der Waals surface area contributed by atoms with Crippen molar-refractivity contribution in [2.75, 3.05) is 19.7 Å². The van der Waals surface area contributed by atoms with E-state index in [2.05, 4.69) is 10.3 Å². The van der Waals surface area contributed by atoms with Gasteiger partial charge in [-0.25, -0.2) is 4.98 Å². The lowest BCUT2D eigenvalue weighted by Gasteiger charge is -2.32. The monoisotopic (exact) mass is 259 g/mol. The summed E-state index contributed by atoms with van der Waals surface area (Å²) in [6, 6.07) is 7.27. The normalized spacial score (nSPS) is 25.1. The molecule has 0 saturated carbocycles. The van der Waals surface area contributed by atoms with Crippen molar-refractivity contribution in [2.24, 2.45) is 0 Å². The first-order valence-corrected chi connectivity index (χ1v) is 6.68. The SMILES string of the molecule is N#Cc1cccc(OC2COC3(CCNCC3)C2)n1. The van der Waals surface area contributed by atoms with Crippen LogP contribution in [0.2, 0.25) is 0 Å². The molecule has 1 spiro atoms. The average Bonchev–Trinajstić information content (AvgIpc) is 2.82. The molecule has 2 aliphatic heterocycles. The second kappa shape index (κ2) is 5.16. The molecule has 5 heteroatoms. The van der Waals surface area contributed by atoms with Crippen molar-refractivity contribution in [1.82, 2.24) is 10.3 Å². The molecule has 2 saturated heterocycles. The van der Waals surface area contributed by atoms with Crippen molar-refractivity contribution in [3.8, 4) is 11.9 Å². The number of hydrogen-bond acceptors (Lipinski definition) is 5. The van der Waals surface area contributed by atoms with Crippen molar-refractivity contribution in [1.29, 1.82) is 5.26 Å². The molecule has 1 aromatic heterocycles. The Morgan fingerprint density at radius 2 is 2.26 bits per heavy atom. The van der Waals surface area contributed by atoms with E-state index >= 15 is 0 Å². The molecule has 1 atom stereocenters. The van der Waals surface area contributed by atoms with Crippen LogP contribution in [0.15, 0.2) is 18.2 Å². The Bertz CT molecular complexity index is 492. The van der Waals surface area contributed by atoms with E-state index in [1.807, 2.05) is 6.07 Å². The molecule has 3 rings (SSSR count). The lowest BCUT2D eigenvalue weighted by molar-refractivity contribution is -0.0205. The molecule has 100 valence electrons. The van der Waals surface area contributed by atoms with E-state index in [1.165, 1.54) is 0 Å². The number of piperidine rings is 1. The minimum absolute atomic E-state index is 0.0112. The molecule has 3 heterocycles. The van der Waals surface area contributed by atoms with Crippen molar-refractivity contribution in [3.63, 3.8) is 0 Å². The van der Waals surface area contributed by atoms with E-state index < -0.39 is 0 Å². The molecule has 0 radical (unpaired) electrons. The summed E-state index contributed by atoms with van der Waals surface area (Å²) in [4.78, 5) is 4.14. The zero-order valence-corrected chi connectivity index (χ0v) is 10.8. The third-order valence-corrected chi connectivity index (χ3v) is 3.82. The summed E-state index contributed by atoms with van der Waals surface area (Å²) in [5.41, 5.74) is 0.371. The number of pyridine rings is 1. The van der Waals surface area contributed by atoms with Gasteiger partial charge in [0.1, 0.15) is 17.9 Å². The number of nitrogens with one attached hydrogen (secondary N) is 1. The van der Waals surface area contributed by atoms with Gasteiger partial charge in [0.05, 0.1) is 12.2 Å². The van der Waals surface area contributed by atoms with E-state index in [-0.39, 0.29) is 11.7 Å². The lowest BCUT2D eigenvalue weighted by atomic mass is 9.89. The van der Waals surface area contributed by atoms with Crippen LogP contribution in [0.1, 0.15) is 25.0 Å². The number of nitriles is 1. The molecule has 5 nitrogen and oxygen atoms in total. The average molecular weight is 259 g/mol. The van der Waals surface area contributed by atoms with Crippen LogP contribution in [-0.2, 0) is 4.74 Å². The van der Waals surface area contributed by atoms with Crippen LogP contribution in [0, 0.1) is 11.3 Å². The summed E-state index contributed by atoms with van der Waals surface area (Å²) >= 11 is 0. The van der Waals surface area contributed by atoms with Crippen LogP contribution >= 0.6 is 0 Å². The van der Waals surface area contributed by atoms with Gasteiger partial charge in [0.2, 0.25) is 5.88 Å². The van der Waals surface area contributed by atoms with Crippen LogP contribution in [0.3, 0.4) is 0 Å². The molecule has 0 aromatic carbocycles. The van der Waals surface area contributed by atoms with Gasteiger partial charge >= 0.3 is 0 Å². The number of hydrogen-bond donors (Lipinski definition) is 1. The maximum atomic E-state index is 8.82. The maximum Gasteiger partial charge on any atom is 0.214 e. The van der Waals surface area contributed by atoms with E-state index in [1.54, 1.807) is 18.2 Å². The van der Waals surface area contributed by atoms with Crippen LogP contribution in [0.5, 0.6) is 5.88 Å². The summed E-state index contributed by atoms with van der Waals surface area (Å²) < 4.78 is 11.8. The minimum Gasteiger partial charge on any atom is -0.472 e. The smallest absolute Gasteiger partial charge is 0.214 e. The maximum absolute atomic E-state index is 8.82. The molecule has 0 bridgehead atoms. The predicted octanol–water partition coefficient (Wildman–Crippen LogP) is 1.24. The van der Waals surface area contributed by atoms with Crippen LogP contribution in [0.4, 0.5) is 0 Å². The van der Waals surface area contributed by atoms with E-state index in [9.17, 15) is 0 Å². The first-order chi connectivity index (χ1) is 9.30. The first-order valence-electron chi connectivity index (χ1n) is 6.68. The third-order valence-electron chi connectivity index (χ3n) is 3.82. The van der Waals surface area contributed by atoms with Gasteiger partial charge in [-0.15, -0.1) is 0 Å². The fourth-order valence-corrected chi connectivity index (χ4v) is 2.82. The molecule has 0 aliphatic carbocycles. The fraction of sp³-hybridized carbons (Fsp3) is 0.571. The number of nitrogens with zero attached hydrogens (tertiary/aromatic N) is 2. The molecule has 2 aliphatic rings. The molecular weight excluding hydrogens is 242 g/mol. The highest BCUT2D eigenvalue weighted by molar-refractivity contribution is 5.25. The predicted molar refractivity (Wildman–Crippen MR) is 68.8 cm³/mol. The van der Waals surface area contributed by atoms with E-state index in [4.69, 9.17) is 14.7 Å². The quantitative estimate of drug-likeness (QED) is 0.865. The largest absolute Gasteiger partial charge is 0.472 e. The minimum atomic E-state index is -0.0112. The highest BCUT2D eigenvalue weighted by Gasteiger charge is 2.42. The van der Waals surface area contributed by atoms with Crippen LogP contribution < -0.4 is 10.1 Å². The second-order valence-corrected chi connectivity index (χ2v) is 5.16. The van der Waals surface area contributed by atoms with Crippen molar-refractivity contribution in [3.05, 3.63) is 23.9 Å². The van der Waals surface area contributed by atoms with Gasteiger partial charge in [-0.1, -0.05) is 6.07 Å². The van der Waals surface area contributed by atoms with E-state index in [0.29, 0.717) is 18.2 Å².